The van der Waals surface area contributed by atoms with Crippen LogP contribution in [0.3, 0.4) is 0 Å². The van der Waals surface area contributed by atoms with Crippen LogP contribution in [0.25, 0.3) is 10.6 Å². The molecule has 0 saturated carbocycles. The molecule has 2 aromatic heterocycles. The standard InChI is InChI=1S/C25H19N3O4S/c1-15-5-2-3-7-19(15)23-27-17(14-33-23)12-26-22(29)16-8-9-20-21(11-16)25(31)28(24(20)30)13-18-6-4-10-32-18/h2-11,14H,12-13H2,1H3,(H,26,29). The van der Waals surface area contributed by atoms with Crippen LogP contribution in [-0.4, -0.2) is 27.6 Å². The summed E-state index contributed by atoms with van der Waals surface area (Å²) in [6.45, 7) is 2.34. The summed E-state index contributed by atoms with van der Waals surface area (Å²) in [5, 5.41) is 5.65. The Morgan fingerprint density at radius 3 is 2.64 bits per heavy atom. The number of aryl methyl sites for hydroxylation is 1. The van der Waals surface area contributed by atoms with Crippen LogP contribution in [0.4, 0.5) is 0 Å². The molecule has 0 spiro atoms. The minimum Gasteiger partial charge on any atom is -0.467 e. The summed E-state index contributed by atoms with van der Waals surface area (Å²) >= 11 is 1.52. The van der Waals surface area contributed by atoms with Gasteiger partial charge in [-0.25, -0.2) is 4.98 Å². The Balaban J connectivity index is 1.28. The zero-order chi connectivity index (χ0) is 22.9. The highest BCUT2D eigenvalue weighted by molar-refractivity contribution is 7.13. The second-order valence-electron chi connectivity index (χ2n) is 7.68. The van der Waals surface area contributed by atoms with Crippen LogP contribution < -0.4 is 5.32 Å². The molecule has 0 atom stereocenters. The van der Waals surface area contributed by atoms with Crippen molar-refractivity contribution in [3.05, 3.63) is 99.9 Å². The summed E-state index contributed by atoms with van der Waals surface area (Å²) in [5.74, 6) is -0.670. The number of nitrogens with one attached hydrogen (secondary N) is 1. The molecule has 8 heteroatoms. The van der Waals surface area contributed by atoms with Crippen LogP contribution in [0.5, 0.6) is 0 Å². The number of fused-ring (bicyclic) bond motifs is 1. The van der Waals surface area contributed by atoms with Gasteiger partial charge in [0, 0.05) is 16.5 Å². The van der Waals surface area contributed by atoms with Crippen molar-refractivity contribution in [2.45, 2.75) is 20.0 Å². The lowest BCUT2D eigenvalue weighted by Crippen LogP contribution is -2.28. The van der Waals surface area contributed by atoms with Crippen molar-refractivity contribution in [1.29, 1.82) is 0 Å². The number of rotatable bonds is 6. The summed E-state index contributed by atoms with van der Waals surface area (Å²) in [7, 11) is 0. The predicted octanol–water partition coefficient (Wildman–Crippen LogP) is 4.44. The summed E-state index contributed by atoms with van der Waals surface area (Å²) < 4.78 is 5.25. The highest BCUT2D eigenvalue weighted by Gasteiger charge is 2.36. The third kappa shape index (κ3) is 3.96. The van der Waals surface area contributed by atoms with Gasteiger partial charge in [-0.15, -0.1) is 11.3 Å². The van der Waals surface area contributed by atoms with E-state index in [0.29, 0.717) is 11.3 Å². The maximum atomic E-state index is 12.8. The van der Waals surface area contributed by atoms with E-state index in [1.54, 1.807) is 18.2 Å². The van der Waals surface area contributed by atoms with Gasteiger partial charge in [-0.05, 0) is 42.8 Å². The molecule has 0 fully saturated rings. The van der Waals surface area contributed by atoms with Crippen LogP contribution >= 0.6 is 11.3 Å². The Morgan fingerprint density at radius 2 is 1.85 bits per heavy atom. The largest absolute Gasteiger partial charge is 0.467 e. The minimum atomic E-state index is -0.441. The van der Waals surface area contributed by atoms with Crippen LogP contribution in [0.1, 0.15) is 48.1 Å². The van der Waals surface area contributed by atoms with Crippen molar-refractivity contribution in [3.63, 3.8) is 0 Å². The molecule has 0 aliphatic carbocycles. The SMILES string of the molecule is Cc1ccccc1-c1nc(CNC(=O)c2ccc3c(c2)C(=O)N(Cc2ccco2)C3=O)cs1. The van der Waals surface area contributed by atoms with E-state index in [0.717, 1.165) is 26.7 Å². The number of carbonyl (C=O) groups is 3. The zero-order valence-corrected chi connectivity index (χ0v) is 18.5. The van der Waals surface area contributed by atoms with Gasteiger partial charge in [0.05, 0.1) is 36.2 Å². The van der Waals surface area contributed by atoms with Crippen molar-refractivity contribution in [2.75, 3.05) is 0 Å². The average molecular weight is 458 g/mol. The number of furan rings is 1. The second kappa shape index (κ2) is 8.48. The molecule has 33 heavy (non-hydrogen) atoms. The first kappa shape index (κ1) is 20.8. The molecule has 2 aromatic carbocycles. The van der Waals surface area contributed by atoms with Crippen molar-refractivity contribution in [3.8, 4) is 10.6 Å². The smallest absolute Gasteiger partial charge is 0.261 e. The number of amides is 3. The molecule has 0 bridgehead atoms. The quantitative estimate of drug-likeness (QED) is 0.432. The predicted molar refractivity (Wildman–Crippen MR) is 123 cm³/mol. The molecule has 1 aliphatic rings. The van der Waals surface area contributed by atoms with Crippen LogP contribution in [0.15, 0.2) is 70.7 Å². The van der Waals surface area contributed by atoms with Gasteiger partial charge in [0.1, 0.15) is 10.8 Å². The highest BCUT2D eigenvalue weighted by atomic mass is 32.1. The number of carbonyl (C=O) groups excluding carboxylic acids is 3. The Labute approximate surface area is 193 Å². The first-order chi connectivity index (χ1) is 16.0. The summed E-state index contributed by atoms with van der Waals surface area (Å²) in [4.78, 5) is 43.9. The fourth-order valence-electron chi connectivity index (χ4n) is 3.73. The normalized spacial score (nSPS) is 12.8. The first-order valence-corrected chi connectivity index (χ1v) is 11.2. The zero-order valence-electron chi connectivity index (χ0n) is 17.7. The number of thiazole rings is 1. The molecule has 1 aliphatic heterocycles. The number of imide groups is 1. The van der Waals surface area contributed by atoms with Crippen molar-refractivity contribution in [1.82, 2.24) is 15.2 Å². The molecule has 0 radical (unpaired) electrons. The van der Waals surface area contributed by atoms with Crippen molar-refractivity contribution >= 4 is 29.1 Å². The highest BCUT2D eigenvalue weighted by Crippen LogP contribution is 2.27. The summed E-state index contributed by atoms with van der Waals surface area (Å²) in [6, 6.07) is 15.9. The topological polar surface area (TPSA) is 92.5 Å². The molecule has 3 heterocycles. The molecule has 7 nitrogen and oxygen atoms in total. The Bertz CT molecular complexity index is 1370. The molecule has 0 unspecified atom stereocenters. The number of benzene rings is 2. The number of hydrogen-bond acceptors (Lipinski definition) is 6. The third-order valence-corrected chi connectivity index (χ3v) is 6.41. The van der Waals surface area contributed by atoms with Gasteiger partial charge < -0.3 is 9.73 Å². The molecule has 5 rings (SSSR count). The Morgan fingerprint density at radius 1 is 1.03 bits per heavy atom. The maximum absolute atomic E-state index is 12.8. The molecule has 4 aromatic rings. The van der Waals surface area contributed by atoms with Crippen LogP contribution in [0, 0.1) is 6.92 Å². The lowest BCUT2D eigenvalue weighted by molar-refractivity contribution is 0.0631. The van der Waals surface area contributed by atoms with E-state index in [9.17, 15) is 14.4 Å². The van der Waals surface area contributed by atoms with E-state index in [-0.39, 0.29) is 30.1 Å². The fourth-order valence-corrected chi connectivity index (χ4v) is 4.64. The van der Waals surface area contributed by atoms with Gasteiger partial charge in [0.2, 0.25) is 0 Å². The van der Waals surface area contributed by atoms with Crippen molar-refractivity contribution in [2.24, 2.45) is 0 Å². The molecule has 3 amide bonds. The van der Waals surface area contributed by atoms with Gasteiger partial charge in [0.25, 0.3) is 17.7 Å². The van der Waals surface area contributed by atoms with E-state index in [4.69, 9.17) is 4.42 Å². The Hall–Kier alpha value is -4.04. The molecule has 1 N–H and O–H groups in total. The van der Waals surface area contributed by atoms with Crippen LogP contribution in [0.2, 0.25) is 0 Å². The average Bonchev–Trinajstić information content (AvgIpc) is 3.56. The molecular weight excluding hydrogens is 438 g/mol. The second-order valence-corrected chi connectivity index (χ2v) is 8.54. The van der Waals surface area contributed by atoms with Gasteiger partial charge in [-0.3, -0.25) is 19.3 Å². The Kier molecular flexibility index (Phi) is 5.35. The van der Waals surface area contributed by atoms with E-state index in [2.05, 4.69) is 10.3 Å². The van der Waals surface area contributed by atoms with Gasteiger partial charge in [-0.1, -0.05) is 24.3 Å². The van der Waals surface area contributed by atoms with E-state index in [1.807, 2.05) is 36.6 Å². The van der Waals surface area contributed by atoms with E-state index in [1.165, 1.54) is 29.7 Å². The lowest BCUT2D eigenvalue weighted by atomic mass is 10.1. The van der Waals surface area contributed by atoms with Gasteiger partial charge in [-0.2, -0.15) is 0 Å². The van der Waals surface area contributed by atoms with E-state index < -0.39 is 11.8 Å². The maximum Gasteiger partial charge on any atom is 0.261 e. The lowest BCUT2D eigenvalue weighted by Gasteiger charge is -2.11. The monoisotopic (exact) mass is 457 g/mol. The molecular formula is C25H19N3O4S. The van der Waals surface area contributed by atoms with Gasteiger partial charge >= 0.3 is 0 Å². The number of nitrogens with zero attached hydrogens (tertiary/aromatic N) is 2. The van der Waals surface area contributed by atoms with Crippen LogP contribution in [-0.2, 0) is 13.1 Å². The van der Waals surface area contributed by atoms with Gasteiger partial charge in [0.15, 0.2) is 0 Å². The summed E-state index contributed by atoms with van der Waals surface area (Å²) in [5.41, 5.74) is 3.77. The molecule has 0 saturated heterocycles. The molecule has 164 valence electrons. The third-order valence-electron chi connectivity index (χ3n) is 5.48. The first-order valence-electron chi connectivity index (χ1n) is 10.3. The van der Waals surface area contributed by atoms with Crippen molar-refractivity contribution < 1.29 is 18.8 Å². The van der Waals surface area contributed by atoms with E-state index >= 15 is 0 Å². The fraction of sp³-hybridized carbons (Fsp3) is 0.120. The summed E-state index contributed by atoms with van der Waals surface area (Å²) in [6.07, 6.45) is 1.49. The number of hydrogen-bond donors (Lipinski definition) is 1. The minimum absolute atomic E-state index is 0.0495. The number of aromatic nitrogens is 1.